The molecule has 1 aromatic heterocycles. The zero-order chi connectivity index (χ0) is 14.8. The lowest BCUT2D eigenvalue weighted by Gasteiger charge is -2.22. The molecule has 3 rings (SSSR count). The minimum absolute atomic E-state index is 0.215. The molecular formula is C17H13N3O. The third kappa shape index (κ3) is 2.26. The summed E-state index contributed by atoms with van der Waals surface area (Å²) in [5.74, 6) is 0.215. The number of hydrogen-bond donors (Lipinski definition) is 1. The first kappa shape index (κ1) is 12.9. The standard InChI is InChI=1S/C17H13N3O/c1-20(13-6-8-14(21)9-7-13)17-12(10-18)11-19-16-5-3-2-4-15(16)17/h2-9,11,21H,1H3. The highest BCUT2D eigenvalue weighted by Gasteiger charge is 2.14. The second-order valence-electron chi connectivity index (χ2n) is 4.72. The normalized spacial score (nSPS) is 10.3. The molecule has 0 unspecified atom stereocenters. The maximum atomic E-state index is 9.40. The Morgan fingerprint density at radius 2 is 1.81 bits per heavy atom. The largest absolute Gasteiger partial charge is 0.508 e. The molecule has 0 aliphatic heterocycles. The Morgan fingerprint density at radius 3 is 2.52 bits per heavy atom. The van der Waals surface area contributed by atoms with Gasteiger partial charge in [0.2, 0.25) is 0 Å². The smallest absolute Gasteiger partial charge is 0.115 e. The zero-order valence-electron chi connectivity index (χ0n) is 11.5. The summed E-state index contributed by atoms with van der Waals surface area (Å²) in [6, 6.07) is 16.8. The fourth-order valence-corrected chi connectivity index (χ4v) is 2.38. The average Bonchev–Trinajstić information content (AvgIpc) is 2.53. The molecule has 4 nitrogen and oxygen atoms in total. The average molecular weight is 275 g/mol. The molecule has 3 aromatic rings. The third-order valence-electron chi connectivity index (χ3n) is 3.44. The first-order valence-corrected chi connectivity index (χ1v) is 6.51. The molecule has 0 radical (unpaired) electrons. The summed E-state index contributed by atoms with van der Waals surface area (Å²) in [6.07, 6.45) is 1.59. The third-order valence-corrected chi connectivity index (χ3v) is 3.44. The molecule has 0 saturated heterocycles. The number of pyridine rings is 1. The van der Waals surface area contributed by atoms with E-state index in [2.05, 4.69) is 11.1 Å². The van der Waals surface area contributed by atoms with Crippen molar-refractivity contribution in [2.75, 3.05) is 11.9 Å². The van der Waals surface area contributed by atoms with Crippen molar-refractivity contribution in [1.82, 2.24) is 4.98 Å². The summed E-state index contributed by atoms with van der Waals surface area (Å²) >= 11 is 0. The van der Waals surface area contributed by atoms with Crippen LogP contribution < -0.4 is 4.90 Å². The molecular weight excluding hydrogens is 262 g/mol. The molecule has 0 aliphatic carbocycles. The lowest BCUT2D eigenvalue weighted by atomic mass is 10.1. The van der Waals surface area contributed by atoms with Crippen molar-refractivity contribution >= 4 is 22.3 Å². The SMILES string of the molecule is CN(c1ccc(O)cc1)c1c(C#N)cnc2ccccc12. The first-order valence-electron chi connectivity index (χ1n) is 6.51. The van der Waals surface area contributed by atoms with Crippen molar-refractivity contribution in [2.45, 2.75) is 0 Å². The van der Waals surface area contributed by atoms with Crippen molar-refractivity contribution in [3.8, 4) is 11.8 Å². The Kier molecular flexibility index (Phi) is 3.17. The van der Waals surface area contributed by atoms with Crippen LogP contribution in [0.4, 0.5) is 11.4 Å². The van der Waals surface area contributed by atoms with Gasteiger partial charge in [-0.05, 0) is 30.3 Å². The highest BCUT2D eigenvalue weighted by Crippen LogP contribution is 2.33. The molecule has 0 atom stereocenters. The number of hydrogen-bond acceptors (Lipinski definition) is 4. The van der Waals surface area contributed by atoms with Crippen LogP contribution in [0.15, 0.2) is 54.7 Å². The van der Waals surface area contributed by atoms with Crippen LogP contribution in [-0.4, -0.2) is 17.1 Å². The minimum atomic E-state index is 0.215. The van der Waals surface area contributed by atoms with Gasteiger partial charge in [-0.15, -0.1) is 0 Å². The summed E-state index contributed by atoms with van der Waals surface area (Å²) in [7, 11) is 1.90. The van der Waals surface area contributed by atoms with Crippen molar-refractivity contribution in [3.05, 3.63) is 60.3 Å². The molecule has 0 bridgehead atoms. The number of phenols is 1. The molecule has 0 spiro atoms. The number of aromatic hydroxyl groups is 1. The summed E-state index contributed by atoms with van der Waals surface area (Å²) in [4.78, 5) is 6.25. The minimum Gasteiger partial charge on any atom is -0.508 e. The van der Waals surface area contributed by atoms with Gasteiger partial charge in [0.25, 0.3) is 0 Å². The first-order chi connectivity index (χ1) is 10.2. The van der Waals surface area contributed by atoms with Gasteiger partial charge in [-0.3, -0.25) is 4.98 Å². The molecule has 1 heterocycles. The van der Waals surface area contributed by atoms with Crippen LogP contribution in [0, 0.1) is 11.3 Å². The Bertz CT molecular complexity index is 835. The Hall–Kier alpha value is -3.06. The van der Waals surface area contributed by atoms with Crippen molar-refractivity contribution in [1.29, 1.82) is 5.26 Å². The van der Waals surface area contributed by atoms with Crippen LogP contribution in [0.25, 0.3) is 10.9 Å². The summed E-state index contributed by atoms with van der Waals surface area (Å²) in [6.45, 7) is 0. The summed E-state index contributed by atoms with van der Waals surface area (Å²) in [5.41, 5.74) is 3.07. The fraction of sp³-hybridized carbons (Fsp3) is 0.0588. The van der Waals surface area contributed by atoms with Crippen LogP contribution in [-0.2, 0) is 0 Å². The Labute approximate surface area is 122 Å². The highest BCUT2D eigenvalue weighted by atomic mass is 16.3. The quantitative estimate of drug-likeness (QED) is 0.776. The number of phenolic OH excluding ortho intramolecular Hbond substituents is 1. The second kappa shape index (κ2) is 5.14. The van der Waals surface area contributed by atoms with Gasteiger partial charge in [0, 0.05) is 24.3 Å². The van der Waals surface area contributed by atoms with Gasteiger partial charge >= 0.3 is 0 Å². The molecule has 0 saturated carbocycles. The number of aromatic nitrogens is 1. The van der Waals surface area contributed by atoms with E-state index in [1.54, 1.807) is 18.3 Å². The molecule has 21 heavy (non-hydrogen) atoms. The molecule has 0 amide bonds. The highest BCUT2D eigenvalue weighted by molar-refractivity contribution is 5.96. The number of para-hydroxylation sites is 1. The lowest BCUT2D eigenvalue weighted by Crippen LogP contribution is -2.12. The van der Waals surface area contributed by atoms with Crippen LogP contribution in [0.2, 0.25) is 0 Å². The van der Waals surface area contributed by atoms with E-state index in [9.17, 15) is 10.4 Å². The van der Waals surface area contributed by atoms with Gasteiger partial charge in [-0.2, -0.15) is 5.26 Å². The van der Waals surface area contributed by atoms with Gasteiger partial charge in [0.15, 0.2) is 0 Å². The van der Waals surface area contributed by atoms with E-state index < -0.39 is 0 Å². The topological polar surface area (TPSA) is 60.1 Å². The molecule has 2 aromatic carbocycles. The van der Waals surface area contributed by atoms with Crippen molar-refractivity contribution in [3.63, 3.8) is 0 Å². The lowest BCUT2D eigenvalue weighted by molar-refractivity contribution is 0.475. The van der Waals surface area contributed by atoms with E-state index in [1.807, 2.05) is 48.3 Å². The molecule has 4 heteroatoms. The maximum Gasteiger partial charge on any atom is 0.115 e. The number of rotatable bonds is 2. The van der Waals surface area contributed by atoms with E-state index in [1.165, 1.54) is 0 Å². The molecule has 102 valence electrons. The predicted molar refractivity (Wildman–Crippen MR) is 82.6 cm³/mol. The van der Waals surface area contributed by atoms with Crippen molar-refractivity contribution in [2.24, 2.45) is 0 Å². The van der Waals surface area contributed by atoms with E-state index in [0.29, 0.717) is 5.56 Å². The summed E-state index contributed by atoms with van der Waals surface area (Å²) < 4.78 is 0. The van der Waals surface area contributed by atoms with Crippen LogP contribution in [0.1, 0.15) is 5.56 Å². The Morgan fingerprint density at radius 1 is 1.10 bits per heavy atom. The van der Waals surface area contributed by atoms with Crippen LogP contribution >= 0.6 is 0 Å². The summed E-state index contributed by atoms with van der Waals surface area (Å²) in [5, 5.41) is 19.7. The van der Waals surface area contributed by atoms with E-state index in [4.69, 9.17) is 0 Å². The van der Waals surface area contributed by atoms with Gasteiger partial charge in [-0.1, -0.05) is 18.2 Å². The fourth-order valence-electron chi connectivity index (χ4n) is 2.38. The number of benzene rings is 2. The molecule has 0 aliphatic rings. The molecule has 0 fully saturated rings. The van der Waals surface area contributed by atoms with E-state index in [-0.39, 0.29) is 5.75 Å². The maximum absolute atomic E-state index is 9.40. The number of nitriles is 1. The van der Waals surface area contributed by atoms with Gasteiger partial charge in [-0.25, -0.2) is 0 Å². The van der Waals surface area contributed by atoms with Crippen LogP contribution in [0.5, 0.6) is 5.75 Å². The number of fused-ring (bicyclic) bond motifs is 1. The second-order valence-corrected chi connectivity index (χ2v) is 4.72. The van der Waals surface area contributed by atoms with Gasteiger partial charge in [0.1, 0.15) is 11.8 Å². The van der Waals surface area contributed by atoms with E-state index >= 15 is 0 Å². The van der Waals surface area contributed by atoms with Crippen molar-refractivity contribution < 1.29 is 5.11 Å². The van der Waals surface area contributed by atoms with E-state index in [0.717, 1.165) is 22.3 Å². The monoisotopic (exact) mass is 275 g/mol. The molecule has 1 N–H and O–H groups in total. The van der Waals surface area contributed by atoms with Gasteiger partial charge < -0.3 is 10.0 Å². The van der Waals surface area contributed by atoms with Crippen LogP contribution in [0.3, 0.4) is 0 Å². The predicted octanol–water partition coefficient (Wildman–Crippen LogP) is 3.58. The number of anilines is 2. The zero-order valence-corrected chi connectivity index (χ0v) is 11.5. The number of nitrogens with zero attached hydrogens (tertiary/aromatic N) is 3. The van der Waals surface area contributed by atoms with Gasteiger partial charge in [0.05, 0.1) is 16.8 Å². The Balaban J connectivity index is 2.23.